The average molecular weight is 328 g/mol. The number of phenolic OH excluding ortho intramolecular Hbond substituents is 1. The van der Waals surface area contributed by atoms with E-state index in [1.54, 1.807) is 24.3 Å². The maximum atomic E-state index is 12.5. The molecule has 0 aliphatic carbocycles. The van der Waals surface area contributed by atoms with Crippen LogP contribution in [0.3, 0.4) is 0 Å². The number of hydrogen-bond acceptors (Lipinski definition) is 3. The SMILES string of the molecule is O=C1Nc2c(C3=CC=CC=CN3)cccc2C1=Cc1ccc(O)cc1. The third-order valence-corrected chi connectivity index (χ3v) is 4.15. The summed E-state index contributed by atoms with van der Waals surface area (Å²) < 4.78 is 0. The Balaban J connectivity index is 1.79. The minimum absolute atomic E-state index is 0.129. The van der Waals surface area contributed by atoms with Gasteiger partial charge in [-0.3, -0.25) is 4.79 Å². The number of hydrogen-bond donors (Lipinski definition) is 3. The lowest BCUT2D eigenvalue weighted by molar-refractivity contribution is -0.110. The van der Waals surface area contributed by atoms with E-state index < -0.39 is 0 Å². The lowest BCUT2D eigenvalue weighted by atomic mass is 10.00. The standard InChI is InChI=1S/C21H16N2O2/c24-15-10-8-14(9-11-15)13-18-16-5-4-6-17(20(16)23-21(18)25)19-7-2-1-3-12-22-19/h1-13,22,24H,(H,23,25). The van der Waals surface area contributed by atoms with Crippen molar-refractivity contribution in [3.63, 3.8) is 0 Å². The van der Waals surface area contributed by atoms with Crippen molar-refractivity contribution in [3.05, 3.63) is 89.7 Å². The molecule has 0 aromatic heterocycles. The molecule has 1 amide bonds. The van der Waals surface area contributed by atoms with Crippen LogP contribution in [0.15, 0.2) is 73.0 Å². The first-order valence-corrected chi connectivity index (χ1v) is 7.98. The molecular formula is C21H16N2O2. The summed E-state index contributed by atoms with van der Waals surface area (Å²) in [6.07, 6.45) is 11.5. The molecule has 0 bridgehead atoms. The van der Waals surface area contributed by atoms with E-state index in [0.717, 1.165) is 28.1 Å². The monoisotopic (exact) mass is 328 g/mol. The lowest BCUT2D eigenvalue weighted by Crippen LogP contribution is -2.08. The van der Waals surface area contributed by atoms with Crippen LogP contribution in [0, 0.1) is 0 Å². The number of rotatable bonds is 2. The second-order valence-electron chi connectivity index (χ2n) is 5.80. The molecule has 2 heterocycles. The van der Waals surface area contributed by atoms with Gasteiger partial charge in [0.15, 0.2) is 0 Å². The minimum atomic E-state index is -0.129. The summed E-state index contributed by atoms with van der Waals surface area (Å²) in [5.74, 6) is 0.0732. The van der Waals surface area contributed by atoms with Gasteiger partial charge in [0, 0.05) is 28.6 Å². The van der Waals surface area contributed by atoms with Crippen LogP contribution in [0.5, 0.6) is 5.75 Å². The molecule has 0 atom stereocenters. The number of fused-ring (bicyclic) bond motifs is 1. The Morgan fingerprint density at radius 1 is 0.920 bits per heavy atom. The Morgan fingerprint density at radius 3 is 2.56 bits per heavy atom. The molecular weight excluding hydrogens is 312 g/mol. The first-order chi connectivity index (χ1) is 12.2. The molecule has 0 saturated heterocycles. The van der Waals surface area contributed by atoms with Gasteiger partial charge in [0.25, 0.3) is 5.91 Å². The van der Waals surface area contributed by atoms with E-state index in [0.29, 0.717) is 5.57 Å². The van der Waals surface area contributed by atoms with Crippen LogP contribution in [0.2, 0.25) is 0 Å². The Hall–Kier alpha value is -3.53. The van der Waals surface area contributed by atoms with E-state index in [-0.39, 0.29) is 11.7 Å². The highest BCUT2D eigenvalue weighted by molar-refractivity contribution is 6.35. The summed E-state index contributed by atoms with van der Waals surface area (Å²) in [6, 6.07) is 12.6. The molecule has 2 aliphatic rings. The van der Waals surface area contributed by atoms with Crippen molar-refractivity contribution in [3.8, 4) is 5.75 Å². The number of benzene rings is 2. The fraction of sp³-hybridized carbons (Fsp3) is 0. The maximum Gasteiger partial charge on any atom is 0.256 e. The Morgan fingerprint density at radius 2 is 1.72 bits per heavy atom. The second-order valence-corrected chi connectivity index (χ2v) is 5.80. The van der Waals surface area contributed by atoms with Crippen LogP contribution in [0.1, 0.15) is 16.7 Å². The first kappa shape index (κ1) is 15.0. The van der Waals surface area contributed by atoms with Crippen molar-refractivity contribution in [1.82, 2.24) is 5.32 Å². The van der Waals surface area contributed by atoms with Crippen LogP contribution in [-0.4, -0.2) is 11.0 Å². The van der Waals surface area contributed by atoms with Gasteiger partial charge >= 0.3 is 0 Å². The van der Waals surface area contributed by atoms with Crippen molar-refractivity contribution in [2.24, 2.45) is 0 Å². The van der Waals surface area contributed by atoms with Crippen LogP contribution >= 0.6 is 0 Å². The predicted molar refractivity (Wildman–Crippen MR) is 100 cm³/mol. The molecule has 0 saturated carbocycles. The largest absolute Gasteiger partial charge is 0.508 e. The number of anilines is 1. The molecule has 4 nitrogen and oxygen atoms in total. The highest BCUT2D eigenvalue weighted by atomic mass is 16.3. The highest BCUT2D eigenvalue weighted by Gasteiger charge is 2.27. The molecule has 4 heteroatoms. The van der Waals surface area contributed by atoms with Gasteiger partial charge in [-0.25, -0.2) is 0 Å². The van der Waals surface area contributed by atoms with Gasteiger partial charge in [0.2, 0.25) is 0 Å². The van der Waals surface area contributed by atoms with Crippen molar-refractivity contribution in [1.29, 1.82) is 0 Å². The number of phenols is 1. The van der Waals surface area contributed by atoms with E-state index in [1.807, 2.05) is 54.8 Å². The van der Waals surface area contributed by atoms with Gasteiger partial charge in [0.1, 0.15) is 5.75 Å². The quantitative estimate of drug-likeness (QED) is 0.733. The topological polar surface area (TPSA) is 61.4 Å². The van der Waals surface area contributed by atoms with Gasteiger partial charge in [-0.1, -0.05) is 42.5 Å². The minimum Gasteiger partial charge on any atom is -0.508 e. The summed E-state index contributed by atoms with van der Waals surface area (Å²) in [5, 5.41) is 15.6. The van der Waals surface area contributed by atoms with Crippen LogP contribution in [0.25, 0.3) is 17.3 Å². The molecule has 122 valence electrons. The Labute approximate surface area is 145 Å². The summed E-state index contributed by atoms with van der Waals surface area (Å²) in [7, 11) is 0. The zero-order valence-corrected chi connectivity index (χ0v) is 13.4. The summed E-state index contributed by atoms with van der Waals surface area (Å²) >= 11 is 0. The number of nitrogens with one attached hydrogen (secondary N) is 2. The average Bonchev–Trinajstić information content (AvgIpc) is 2.80. The van der Waals surface area contributed by atoms with E-state index in [4.69, 9.17) is 0 Å². The number of carbonyl (C=O) groups is 1. The van der Waals surface area contributed by atoms with Crippen molar-refractivity contribution in [2.45, 2.75) is 0 Å². The van der Waals surface area contributed by atoms with E-state index >= 15 is 0 Å². The summed E-state index contributed by atoms with van der Waals surface area (Å²) in [6.45, 7) is 0. The highest BCUT2D eigenvalue weighted by Crippen LogP contribution is 2.38. The zero-order valence-electron chi connectivity index (χ0n) is 13.4. The fourth-order valence-electron chi connectivity index (χ4n) is 2.94. The molecule has 3 N–H and O–H groups in total. The van der Waals surface area contributed by atoms with Crippen LogP contribution in [0.4, 0.5) is 5.69 Å². The molecule has 2 aromatic carbocycles. The van der Waals surface area contributed by atoms with E-state index in [9.17, 15) is 9.90 Å². The Kier molecular flexibility index (Phi) is 3.71. The molecule has 0 radical (unpaired) electrons. The third kappa shape index (κ3) is 2.85. The molecule has 25 heavy (non-hydrogen) atoms. The molecule has 0 unspecified atom stereocenters. The van der Waals surface area contributed by atoms with E-state index in [1.165, 1.54) is 0 Å². The molecule has 2 aliphatic heterocycles. The van der Waals surface area contributed by atoms with Gasteiger partial charge in [-0.2, -0.15) is 0 Å². The number of allylic oxidation sites excluding steroid dienone is 4. The third-order valence-electron chi connectivity index (χ3n) is 4.15. The predicted octanol–water partition coefficient (Wildman–Crippen LogP) is 3.90. The van der Waals surface area contributed by atoms with E-state index in [2.05, 4.69) is 10.6 Å². The van der Waals surface area contributed by atoms with Gasteiger partial charge < -0.3 is 15.7 Å². The van der Waals surface area contributed by atoms with Crippen LogP contribution in [-0.2, 0) is 4.79 Å². The number of amides is 1. The summed E-state index contributed by atoms with van der Waals surface area (Å²) in [4.78, 5) is 12.5. The molecule has 2 aromatic rings. The van der Waals surface area contributed by atoms with Crippen molar-refractivity contribution < 1.29 is 9.90 Å². The lowest BCUT2D eigenvalue weighted by Gasteiger charge is -2.11. The summed E-state index contributed by atoms with van der Waals surface area (Å²) in [5.41, 5.74) is 5.02. The number of para-hydroxylation sites is 1. The fourth-order valence-corrected chi connectivity index (χ4v) is 2.94. The second kappa shape index (κ2) is 6.17. The first-order valence-electron chi connectivity index (χ1n) is 7.98. The van der Waals surface area contributed by atoms with Crippen molar-refractivity contribution >= 4 is 28.9 Å². The zero-order chi connectivity index (χ0) is 17.2. The van der Waals surface area contributed by atoms with Gasteiger partial charge in [0.05, 0.1) is 5.69 Å². The maximum absolute atomic E-state index is 12.5. The number of carbonyl (C=O) groups excluding carboxylic acids is 1. The Bertz CT molecular complexity index is 964. The van der Waals surface area contributed by atoms with Crippen LogP contribution < -0.4 is 10.6 Å². The molecule has 0 fully saturated rings. The smallest absolute Gasteiger partial charge is 0.256 e. The van der Waals surface area contributed by atoms with Gasteiger partial charge in [-0.05, 0) is 35.9 Å². The van der Waals surface area contributed by atoms with Crippen molar-refractivity contribution in [2.75, 3.05) is 5.32 Å². The van der Waals surface area contributed by atoms with Gasteiger partial charge in [-0.15, -0.1) is 0 Å². The molecule has 0 spiro atoms. The normalized spacial score (nSPS) is 16.9. The number of aromatic hydroxyl groups is 1. The molecule has 4 rings (SSSR count).